The van der Waals surface area contributed by atoms with Gasteiger partial charge in [-0.25, -0.2) is 4.68 Å². The highest BCUT2D eigenvalue weighted by Gasteiger charge is 2.11. The number of methoxy groups -OCH3 is 1. The Kier molecular flexibility index (Phi) is 5.64. The lowest BCUT2D eigenvalue weighted by molar-refractivity contribution is -0.117. The second kappa shape index (κ2) is 8.30. The molecule has 3 rings (SSSR count). The Bertz CT molecular complexity index is 1070. The summed E-state index contributed by atoms with van der Waals surface area (Å²) in [6.07, 6.45) is 0. The van der Waals surface area contributed by atoms with Crippen molar-refractivity contribution in [2.75, 3.05) is 12.4 Å². The summed E-state index contributed by atoms with van der Waals surface area (Å²) in [5.41, 5.74) is 1.94. The Hall–Kier alpha value is -3.74. The number of hydrogen-bond acceptors (Lipinski definition) is 5. The van der Waals surface area contributed by atoms with Crippen LogP contribution in [-0.2, 0) is 11.3 Å². The Labute approximate surface area is 161 Å². The molecular weight excluding hydrogens is 358 g/mol. The summed E-state index contributed by atoms with van der Waals surface area (Å²) in [6.45, 7) is 1.23. The molecule has 0 aliphatic heterocycles. The van der Waals surface area contributed by atoms with E-state index in [1.54, 1.807) is 43.5 Å². The van der Waals surface area contributed by atoms with Gasteiger partial charge >= 0.3 is 0 Å². The zero-order valence-corrected chi connectivity index (χ0v) is 15.5. The molecule has 0 unspecified atom stereocenters. The van der Waals surface area contributed by atoms with E-state index in [9.17, 15) is 14.4 Å². The molecule has 1 aromatic heterocycles. The minimum Gasteiger partial charge on any atom is -0.496 e. The van der Waals surface area contributed by atoms with Gasteiger partial charge in [0.25, 0.3) is 5.56 Å². The second-order valence-corrected chi connectivity index (χ2v) is 6.10. The van der Waals surface area contributed by atoms with Crippen molar-refractivity contribution in [1.82, 2.24) is 9.78 Å². The van der Waals surface area contributed by atoms with E-state index in [2.05, 4.69) is 10.4 Å². The summed E-state index contributed by atoms with van der Waals surface area (Å²) in [7, 11) is 1.56. The number of Topliss-reactive ketones (excluding diaryl/α,β-unsaturated/α-hetero) is 1. The van der Waals surface area contributed by atoms with Crippen LogP contribution in [0.25, 0.3) is 11.3 Å². The molecule has 0 aliphatic carbocycles. The van der Waals surface area contributed by atoms with Crippen LogP contribution >= 0.6 is 0 Å². The average molecular weight is 377 g/mol. The number of benzene rings is 2. The Morgan fingerprint density at radius 2 is 1.75 bits per heavy atom. The van der Waals surface area contributed by atoms with Crippen LogP contribution in [0.3, 0.4) is 0 Å². The zero-order chi connectivity index (χ0) is 20.1. The van der Waals surface area contributed by atoms with Gasteiger partial charge in [0.1, 0.15) is 12.3 Å². The fraction of sp³-hybridized carbons (Fsp3) is 0.143. The van der Waals surface area contributed by atoms with Gasteiger partial charge < -0.3 is 10.1 Å². The fourth-order valence-corrected chi connectivity index (χ4v) is 2.69. The molecule has 142 valence electrons. The number of anilines is 1. The first-order valence-corrected chi connectivity index (χ1v) is 8.60. The quantitative estimate of drug-likeness (QED) is 0.667. The van der Waals surface area contributed by atoms with Gasteiger partial charge in [-0.2, -0.15) is 5.10 Å². The second-order valence-electron chi connectivity index (χ2n) is 6.10. The number of carbonyl (C=O) groups is 2. The SMILES string of the molecule is COc1ccccc1-c1ccc(=O)n(CC(=O)Nc2ccc(C(C)=O)cc2)n1. The van der Waals surface area contributed by atoms with Crippen LogP contribution in [-0.4, -0.2) is 28.6 Å². The molecule has 7 heteroatoms. The minimum atomic E-state index is -0.401. The largest absolute Gasteiger partial charge is 0.496 e. The third-order valence-electron chi connectivity index (χ3n) is 4.12. The van der Waals surface area contributed by atoms with Crippen molar-refractivity contribution in [2.45, 2.75) is 13.5 Å². The van der Waals surface area contributed by atoms with Gasteiger partial charge in [-0.3, -0.25) is 14.4 Å². The number of aromatic nitrogens is 2. The Morgan fingerprint density at radius 1 is 1.04 bits per heavy atom. The molecule has 0 aliphatic rings. The molecule has 0 spiro atoms. The van der Waals surface area contributed by atoms with E-state index in [-0.39, 0.29) is 17.9 Å². The van der Waals surface area contributed by atoms with E-state index in [0.717, 1.165) is 10.2 Å². The topological polar surface area (TPSA) is 90.3 Å². The maximum absolute atomic E-state index is 12.3. The highest BCUT2D eigenvalue weighted by Crippen LogP contribution is 2.27. The van der Waals surface area contributed by atoms with Crippen LogP contribution in [0.5, 0.6) is 5.75 Å². The van der Waals surface area contributed by atoms with E-state index >= 15 is 0 Å². The number of ketones is 1. The van der Waals surface area contributed by atoms with Crippen molar-refractivity contribution >= 4 is 17.4 Å². The maximum atomic E-state index is 12.3. The number of hydrogen-bond donors (Lipinski definition) is 1. The van der Waals surface area contributed by atoms with Gasteiger partial charge in [0, 0.05) is 22.9 Å². The minimum absolute atomic E-state index is 0.0539. The van der Waals surface area contributed by atoms with Crippen LogP contribution in [0.4, 0.5) is 5.69 Å². The van der Waals surface area contributed by atoms with Gasteiger partial charge in [0.15, 0.2) is 5.78 Å². The molecule has 0 saturated heterocycles. The van der Waals surface area contributed by atoms with E-state index < -0.39 is 5.91 Å². The van der Waals surface area contributed by atoms with Gasteiger partial charge in [0.05, 0.1) is 12.8 Å². The number of amides is 1. The molecule has 28 heavy (non-hydrogen) atoms. The van der Waals surface area contributed by atoms with Crippen LogP contribution in [0.2, 0.25) is 0 Å². The van der Waals surface area contributed by atoms with Crippen LogP contribution in [0.15, 0.2) is 65.5 Å². The van der Waals surface area contributed by atoms with Crippen LogP contribution in [0.1, 0.15) is 17.3 Å². The summed E-state index contributed by atoms with van der Waals surface area (Å²) >= 11 is 0. The molecule has 2 aromatic carbocycles. The van der Waals surface area contributed by atoms with Crippen molar-refractivity contribution in [1.29, 1.82) is 0 Å². The first-order chi connectivity index (χ1) is 13.5. The lowest BCUT2D eigenvalue weighted by Gasteiger charge is -2.10. The number of para-hydroxylation sites is 1. The highest BCUT2D eigenvalue weighted by molar-refractivity contribution is 5.95. The lowest BCUT2D eigenvalue weighted by Crippen LogP contribution is -2.29. The standard InChI is InChI=1S/C21H19N3O4/c1-14(25)15-7-9-16(10-8-15)22-20(26)13-24-21(27)12-11-18(23-24)17-5-3-4-6-19(17)28-2/h3-12H,13H2,1-2H3,(H,22,26). The first-order valence-electron chi connectivity index (χ1n) is 8.60. The normalized spacial score (nSPS) is 10.4. The predicted molar refractivity (Wildman–Crippen MR) is 106 cm³/mol. The number of rotatable bonds is 6. The summed E-state index contributed by atoms with van der Waals surface area (Å²) in [5.74, 6) is 0.166. The third kappa shape index (κ3) is 4.32. The molecule has 3 aromatic rings. The molecule has 0 radical (unpaired) electrons. The molecule has 1 heterocycles. The molecule has 0 saturated carbocycles. The van der Waals surface area contributed by atoms with Gasteiger partial charge in [0.2, 0.25) is 5.91 Å². The number of nitrogens with zero attached hydrogens (tertiary/aromatic N) is 2. The molecular formula is C21H19N3O4. The number of ether oxygens (including phenoxy) is 1. The summed E-state index contributed by atoms with van der Waals surface area (Å²) in [5, 5.41) is 6.98. The van der Waals surface area contributed by atoms with Crippen molar-refractivity contribution in [3.05, 3.63) is 76.6 Å². The predicted octanol–water partition coefficient (Wildman–Crippen LogP) is 2.76. The van der Waals surface area contributed by atoms with E-state index in [1.807, 2.05) is 18.2 Å². The molecule has 0 atom stereocenters. The molecule has 1 amide bonds. The van der Waals surface area contributed by atoms with Crippen LogP contribution < -0.4 is 15.6 Å². The highest BCUT2D eigenvalue weighted by atomic mass is 16.5. The van der Waals surface area contributed by atoms with E-state index in [4.69, 9.17) is 4.74 Å². The Morgan fingerprint density at radius 3 is 2.43 bits per heavy atom. The number of nitrogens with one attached hydrogen (secondary N) is 1. The molecule has 0 bridgehead atoms. The summed E-state index contributed by atoms with van der Waals surface area (Å²) in [6, 6.07) is 16.8. The molecule has 0 fully saturated rings. The third-order valence-corrected chi connectivity index (χ3v) is 4.12. The van der Waals surface area contributed by atoms with Crippen molar-refractivity contribution in [2.24, 2.45) is 0 Å². The van der Waals surface area contributed by atoms with E-state index in [1.165, 1.54) is 13.0 Å². The lowest BCUT2D eigenvalue weighted by atomic mass is 10.1. The Balaban J connectivity index is 1.79. The smallest absolute Gasteiger partial charge is 0.267 e. The van der Waals surface area contributed by atoms with E-state index in [0.29, 0.717) is 22.7 Å². The summed E-state index contributed by atoms with van der Waals surface area (Å²) < 4.78 is 6.42. The monoisotopic (exact) mass is 377 g/mol. The van der Waals surface area contributed by atoms with Crippen molar-refractivity contribution < 1.29 is 14.3 Å². The van der Waals surface area contributed by atoms with Gasteiger partial charge in [-0.1, -0.05) is 12.1 Å². The zero-order valence-electron chi connectivity index (χ0n) is 15.5. The van der Waals surface area contributed by atoms with Gasteiger partial charge in [-0.15, -0.1) is 0 Å². The summed E-state index contributed by atoms with van der Waals surface area (Å²) in [4.78, 5) is 35.7. The number of carbonyl (C=O) groups excluding carboxylic acids is 2. The average Bonchev–Trinajstić information content (AvgIpc) is 2.70. The first kappa shape index (κ1) is 19.0. The maximum Gasteiger partial charge on any atom is 0.267 e. The van der Waals surface area contributed by atoms with Crippen molar-refractivity contribution in [3.63, 3.8) is 0 Å². The van der Waals surface area contributed by atoms with Crippen LogP contribution in [0, 0.1) is 0 Å². The van der Waals surface area contributed by atoms with Gasteiger partial charge in [-0.05, 0) is 49.4 Å². The fourth-order valence-electron chi connectivity index (χ4n) is 2.69. The molecule has 7 nitrogen and oxygen atoms in total. The molecule has 1 N–H and O–H groups in total. The van der Waals surface area contributed by atoms with Crippen molar-refractivity contribution in [3.8, 4) is 17.0 Å².